The van der Waals surface area contributed by atoms with E-state index in [1.165, 1.54) is 0 Å². The highest BCUT2D eigenvalue weighted by molar-refractivity contribution is 5.41. The Bertz CT molecular complexity index is 297. The second-order valence-electron chi connectivity index (χ2n) is 3.23. The third-order valence-electron chi connectivity index (χ3n) is 2.33. The number of hydrogen-bond donors (Lipinski definition) is 2. The fourth-order valence-electron chi connectivity index (χ4n) is 1.54. The molecule has 1 rings (SSSR count). The number of quaternary nitrogens is 1. The summed E-state index contributed by atoms with van der Waals surface area (Å²) >= 11 is 0. The second kappa shape index (κ2) is 5.55. The standard InChI is InChI=1S/C10H15N2O3/c13-8-6-12(11-15,7-9-14)10-4-2-1-3-5-10/h1-5,13-14H,6-9H2/q+1. The molecule has 0 spiro atoms. The van der Waals surface area contributed by atoms with Crippen molar-refractivity contribution in [1.82, 2.24) is 4.59 Å². The number of benzene rings is 1. The minimum Gasteiger partial charge on any atom is -0.390 e. The first kappa shape index (κ1) is 11.8. The molecular formula is C10H15N2O3+. The van der Waals surface area contributed by atoms with Crippen LogP contribution in [0.4, 0.5) is 5.69 Å². The fourth-order valence-corrected chi connectivity index (χ4v) is 1.54. The lowest BCUT2D eigenvalue weighted by atomic mass is 10.2. The van der Waals surface area contributed by atoms with E-state index < -0.39 is 0 Å². The minimum atomic E-state index is -0.284. The number of nitroso groups, excluding NO2 is 1. The van der Waals surface area contributed by atoms with Gasteiger partial charge in [-0.05, 0) is 0 Å². The zero-order chi connectivity index (χ0) is 11.1. The molecule has 0 aliphatic rings. The number of hydrogen-bond acceptors (Lipinski definition) is 4. The van der Waals surface area contributed by atoms with Crippen LogP contribution in [0.25, 0.3) is 0 Å². The summed E-state index contributed by atoms with van der Waals surface area (Å²) in [5, 5.41) is 20.9. The Hall–Kier alpha value is -1.30. The molecule has 0 aliphatic heterocycles. The molecule has 0 saturated heterocycles. The van der Waals surface area contributed by atoms with Crippen LogP contribution in [0.2, 0.25) is 0 Å². The number of aliphatic hydroxyl groups is 2. The van der Waals surface area contributed by atoms with E-state index in [4.69, 9.17) is 10.2 Å². The quantitative estimate of drug-likeness (QED) is 0.412. The molecule has 5 nitrogen and oxygen atoms in total. The molecule has 1 aromatic carbocycles. The molecule has 15 heavy (non-hydrogen) atoms. The van der Waals surface area contributed by atoms with Crippen molar-refractivity contribution in [2.75, 3.05) is 26.3 Å². The third-order valence-corrected chi connectivity index (χ3v) is 2.33. The van der Waals surface area contributed by atoms with E-state index in [1.54, 1.807) is 24.3 Å². The van der Waals surface area contributed by atoms with E-state index in [2.05, 4.69) is 5.29 Å². The minimum absolute atomic E-state index is 0.152. The van der Waals surface area contributed by atoms with Gasteiger partial charge in [-0.15, -0.1) is 4.59 Å². The Morgan fingerprint density at radius 1 is 1.07 bits per heavy atom. The summed E-state index contributed by atoms with van der Waals surface area (Å²) in [5.41, 5.74) is 0.676. The van der Waals surface area contributed by atoms with Crippen molar-refractivity contribution < 1.29 is 10.2 Å². The van der Waals surface area contributed by atoms with Crippen molar-refractivity contribution in [1.29, 1.82) is 0 Å². The van der Waals surface area contributed by atoms with Crippen LogP contribution in [0, 0.1) is 4.91 Å². The maximum atomic E-state index is 10.9. The molecule has 0 heterocycles. The van der Waals surface area contributed by atoms with Crippen molar-refractivity contribution >= 4 is 5.69 Å². The van der Waals surface area contributed by atoms with Crippen LogP contribution in [-0.2, 0) is 0 Å². The molecule has 1 aromatic rings. The first-order valence-corrected chi connectivity index (χ1v) is 4.78. The van der Waals surface area contributed by atoms with Crippen LogP contribution in [0.5, 0.6) is 0 Å². The van der Waals surface area contributed by atoms with Crippen LogP contribution in [0.15, 0.2) is 35.6 Å². The van der Waals surface area contributed by atoms with Crippen molar-refractivity contribution in [2.45, 2.75) is 0 Å². The molecule has 0 bridgehead atoms. The highest BCUT2D eigenvalue weighted by atomic mass is 16.3. The Morgan fingerprint density at radius 2 is 1.60 bits per heavy atom. The molecule has 0 aliphatic carbocycles. The van der Waals surface area contributed by atoms with E-state index in [-0.39, 0.29) is 30.9 Å². The maximum Gasteiger partial charge on any atom is 0.162 e. The zero-order valence-corrected chi connectivity index (χ0v) is 8.41. The Labute approximate surface area is 88.1 Å². The summed E-state index contributed by atoms with van der Waals surface area (Å²) in [5.74, 6) is 0. The molecule has 82 valence electrons. The molecule has 2 N–H and O–H groups in total. The first-order chi connectivity index (χ1) is 7.29. The van der Waals surface area contributed by atoms with Crippen molar-refractivity contribution in [3.63, 3.8) is 0 Å². The highest BCUT2D eigenvalue weighted by Crippen LogP contribution is 2.22. The summed E-state index contributed by atoms with van der Waals surface area (Å²) in [4.78, 5) is 10.9. The molecule has 5 heteroatoms. The lowest BCUT2D eigenvalue weighted by Crippen LogP contribution is -2.47. The lowest BCUT2D eigenvalue weighted by Gasteiger charge is -2.26. The van der Waals surface area contributed by atoms with Crippen LogP contribution >= 0.6 is 0 Å². The van der Waals surface area contributed by atoms with Gasteiger partial charge < -0.3 is 10.2 Å². The number of rotatable bonds is 6. The molecule has 0 radical (unpaired) electrons. The monoisotopic (exact) mass is 211 g/mol. The van der Waals surface area contributed by atoms with Crippen molar-refractivity contribution in [3.05, 3.63) is 35.2 Å². The molecule has 0 saturated carbocycles. The van der Waals surface area contributed by atoms with E-state index in [1.807, 2.05) is 6.07 Å². The fraction of sp³-hybridized carbons (Fsp3) is 0.400. The summed E-state index contributed by atoms with van der Waals surface area (Å²) < 4.78 is -0.284. The van der Waals surface area contributed by atoms with Crippen LogP contribution in [0.1, 0.15) is 0 Å². The molecule has 0 aromatic heterocycles. The summed E-state index contributed by atoms with van der Waals surface area (Å²) in [6.45, 7) is 0.0451. The van der Waals surface area contributed by atoms with Gasteiger partial charge in [-0.3, -0.25) is 0 Å². The van der Waals surface area contributed by atoms with E-state index in [0.717, 1.165) is 0 Å². The SMILES string of the molecule is O=N[N+](CCO)(CCO)c1ccccc1. The number of para-hydroxylation sites is 1. The maximum absolute atomic E-state index is 10.9. The Morgan fingerprint density at radius 3 is 2.00 bits per heavy atom. The summed E-state index contributed by atoms with van der Waals surface area (Å²) in [6, 6.07) is 8.94. The predicted molar refractivity (Wildman–Crippen MR) is 57.9 cm³/mol. The van der Waals surface area contributed by atoms with Gasteiger partial charge >= 0.3 is 0 Å². The zero-order valence-electron chi connectivity index (χ0n) is 8.41. The number of aliphatic hydroxyl groups excluding tert-OH is 2. The average molecular weight is 211 g/mol. The predicted octanol–water partition coefficient (Wildman–Crippen LogP) is 0.660. The van der Waals surface area contributed by atoms with Crippen LogP contribution in [-0.4, -0.2) is 36.5 Å². The van der Waals surface area contributed by atoms with Gasteiger partial charge in [-0.2, -0.15) is 0 Å². The van der Waals surface area contributed by atoms with Gasteiger partial charge in [0.05, 0.1) is 13.2 Å². The largest absolute Gasteiger partial charge is 0.390 e. The van der Waals surface area contributed by atoms with Gasteiger partial charge in [0.2, 0.25) is 0 Å². The highest BCUT2D eigenvalue weighted by Gasteiger charge is 2.31. The molecule has 0 unspecified atom stereocenters. The van der Waals surface area contributed by atoms with Crippen LogP contribution < -0.4 is 4.59 Å². The van der Waals surface area contributed by atoms with Gasteiger partial charge in [0, 0.05) is 12.1 Å². The van der Waals surface area contributed by atoms with Gasteiger partial charge in [0.1, 0.15) is 13.1 Å². The normalized spacial score (nSPS) is 11.3. The Balaban J connectivity index is 3.03. The van der Waals surface area contributed by atoms with Gasteiger partial charge in [0.15, 0.2) is 11.0 Å². The molecular weight excluding hydrogens is 196 g/mol. The van der Waals surface area contributed by atoms with Gasteiger partial charge in [0.25, 0.3) is 0 Å². The smallest absolute Gasteiger partial charge is 0.162 e. The second-order valence-corrected chi connectivity index (χ2v) is 3.23. The first-order valence-electron chi connectivity index (χ1n) is 4.78. The van der Waals surface area contributed by atoms with Crippen LogP contribution in [0.3, 0.4) is 0 Å². The van der Waals surface area contributed by atoms with E-state index >= 15 is 0 Å². The Kier molecular flexibility index (Phi) is 4.36. The third kappa shape index (κ3) is 2.59. The van der Waals surface area contributed by atoms with Gasteiger partial charge in [-0.1, -0.05) is 23.1 Å². The average Bonchev–Trinajstić information content (AvgIpc) is 2.30. The summed E-state index contributed by atoms with van der Waals surface area (Å²) in [7, 11) is 0. The van der Waals surface area contributed by atoms with Crippen molar-refractivity contribution in [2.24, 2.45) is 5.29 Å². The molecule has 0 amide bonds. The lowest BCUT2D eigenvalue weighted by molar-refractivity contribution is 0.165. The van der Waals surface area contributed by atoms with Gasteiger partial charge in [-0.25, -0.2) is 0 Å². The number of nitrogens with zero attached hydrogens (tertiary/aromatic N) is 2. The van der Waals surface area contributed by atoms with Crippen molar-refractivity contribution in [3.8, 4) is 0 Å². The summed E-state index contributed by atoms with van der Waals surface area (Å²) in [6.07, 6.45) is 0. The topological polar surface area (TPSA) is 69.9 Å². The molecule has 0 fully saturated rings. The molecule has 0 atom stereocenters. The van der Waals surface area contributed by atoms with E-state index in [0.29, 0.717) is 5.69 Å². The van der Waals surface area contributed by atoms with E-state index in [9.17, 15) is 4.91 Å².